The molecule has 0 aliphatic heterocycles. The molecule has 18 heavy (non-hydrogen) atoms. The molecule has 4 heteroatoms. The minimum Gasteiger partial charge on any atom is -0.491 e. The van der Waals surface area contributed by atoms with E-state index in [4.69, 9.17) is 4.74 Å². The summed E-state index contributed by atoms with van der Waals surface area (Å²) >= 11 is 3.71. The van der Waals surface area contributed by atoms with Gasteiger partial charge in [0.15, 0.2) is 0 Å². The van der Waals surface area contributed by atoms with E-state index in [-0.39, 0.29) is 11.7 Å². The van der Waals surface area contributed by atoms with Gasteiger partial charge in [0.25, 0.3) is 0 Å². The predicted molar refractivity (Wildman–Crippen MR) is 74.3 cm³/mol. The van der Waals surface area contributed by atoms with Gasteiger partial charge in [0.2, 0.25) is 5.12 Å². The van der Waals surface area contributed by atoms with Crippen LogP contribution in [0.2, 0.25) is 0 Å². The molecule has 1 unspecified atom stereocenters. The molecule has 2 nitrogen and oxygen atoms in total. The zero-order valence-electron chi connectivity index (χ0n) is 10.6. The van der Waals surface area contributed by atoms with E-state index in [9.17, 15) is 9.18 Å². The van der Waals surface area contributed by atoms with Gasteiger partial charge in [-0.2, -0.15) is 0 Å². The van der Waals surface area contributed by atoms with Crippen LogP contribution < -0.4 is 4.74 Å². The van der Waals surface area contributed by atoms with E-state index in [1.807, 2.05) is 0 Å². The zero-order chi connectivity index (χ0) is 13.4. The normalized spacial score (nSPS) is 12.2. The highest BCUT2D eigenvalue weighted by Gasteiger charge is 2.07. The first-order chi connectivity index (χ1) is 8.63. The van der Waals surface area contributed by atoms with Crippen LogP contribution in [-0.4, -0.2) is 17.9 Å². The number of rotatable bonds is 8. The van der Waals surface area contributed by atoms with E-state index in [2.05, 4.69) is 19.6 Å². The van der Waals surface area contributed by atoms with E-state index in [0.717, 1.165) is 19.3 Å². The van der Waals surface area contributed by atoms with Crippen molar-refractivity contribution in [1.82, 2.24) is 0 Å². The Kier molecular flexibility index (Phi) is 6.80. The first kappa shape index (κ1) is 15.0. The molecule has 0 aromatic heterocycles. The molecular formula is C14H19FO2S. The third-order valence-electron chi connectivity index (χ3n) is 2.65. The van der Waals surface area contributed by atoms with Gasteiger partial charge in [-0.05, 0) is 30.7 Å². The minimum absolute atomic E-state index is 0.0673. The van der Waals surface area contributed by atoms with E-state index in [1.54, 1.807) is 24.3 Å². The second kappa shape index (κ2) is 8.14. The van der Waals surface area contributed by atoms with Crippen LogP contribution >= 0.6 is 12.6 Å². The Labute approximate surface area is 113 Å². The van der Waals surface area contributed by atoms with Crippen LogP contribution in [0.5, 0.6) is 5.75 Å². The van der Waals surface area contributed by atoms with Gasteiger partial charge in [0.05, 0.1) is 0 Å². The Morgan fingerprint density at radius 3 is 2.56 bits per heavy atom. The fraction of sp³-hybridized carbons (Fsp3) is 0.500. The molecule has 0 N–H and O–H groups in total. The van der Waals surface area contributed by atoms with E-state index in [1.165, 1.54) is 0 Å². The number of hydrogen-bond acceptors (Lipinski definition) is 2. The zero-order valence-corrected chi connectivity index (χ0v) is 11.5. The van der Waals surface area contributed by atoms with Crippen molar-refractivity contribution in [3.05, 3.63) is 29.8 Å². The Balaban J connectivity index is 2.32. The first-order valence-electron chi connectivity index (χ1n) is 6.23. The summed E-state index contributed by atoms with van der Waals surface area (Å²) < 4.78 is 18.8. The van der Waals surface area contributed by atoms with Crippen molar-refractivity contribution >= 4 is 17.7 Å². The summed E-state index contributed by atoms with van der Waals surface area (Å²) in [6.45, 7) is 2.16. The third kappa shape index (κ3) is 5.54. The Bertz CT molecular complexity index is 365. The van der Waals surface area contributed by atoms with Gasteiger partial charge in [-0.25, -0.2) is 4.39 Å². The van der Waals surface area contributed by atoms with E-state index >= 15 is 0 Å². The molecule has 0 heterocycles. The SMILES string of the molecule is CCCCCC(F)COc1ccc(C(=O)S)cc1. The van der Waals surface area contributed by atoms with Crippen LogP contribution in [0, 0.1) is 0 Å². The molecular weight excluding hydrogens is 251 g/mol. The van der Waals surface area contributed by atoms with Gasteiger partial charge in [-0.3, -0.25) is 4.79 Å². The summed E-state index contributed by atoms with van der Waals surface area (Å²) in [6, 6.07) is 6.55. The lowest BCUT2D eigenvalue weighted by Crippen LogP contribution is -2.12. The number of thiol groups is 1. The smallest absolute Gasteiger partial charge is 0.216 e. The van der Waals surface area contributed by atoms with Crippen molar-refractivity contribution in [2.24, 2.45) is 0 Å². The lowest BCUT2D eigenvalue weighted by Gasteiger charge is -2.10. The highest BCUT2D eigenvalue weighted by atomic mass is 32.1. The van der Waals surface area contributed by atoms with Crippen LogP contribution in [0.4, 0.5) is 4.39 Å². The fourth-order valence-corrected chi connectivity index (χ4v) is 1.73. The molecule has 100 valence electrons. The second-order valence-electron chi connectivity index (χ2n) is 4.23. The maximum absolute atomic E-state index is 13.4. The van der Waals surface area contributed by atoms with E-state index < -0.39 is 6.17 Å². The number of unbranched alkanes of at least 4 members (excludes halogenated alkanes) is 2. The van der Waals surface area contributed by atoms with Crippen molar-refractivity contribution < 1.29 is 13.9 Å². The minimum atomic E-state index is -0.928. The molecule has 0 saturated carbocycles. The average Bonchev–Trinajstić information content (AvgIpc) is 2.37. The largest absolute Gasteiger partial charge is 0.491 e. The number of ether oxygens (including phenoxy) is 1. The maximum atomic E-state index is 13.4. The van der Waals surface area contributed by atoms with Crippen molar-refractivity contribution in [3.63, 3.8) is 0 Å². The summed E-state index contributed by atoms with van der Waals surface area (Å²) in [5.74, 6) is 0.575. The Morgan fingerprint density at radius 2 is 2.00 bits per heavy atom. The predicted octanol–water partition coefficient (Wildman–Crippen LogP) is 4.05. The molecule has 1 aromatic carbocycles. The summed E-state index contributed by atoms with van der Waals surface area (Å²) in [6.07, 6.45) is 2.66. The van der Waals surface area contributed by atoms with Crippen molar-refractivity contribution in [2.45, 2.75) is 38.8 Å². The summed E-state index contributed by atoms with van der Waals surface area (Å²) in [5, 5.41) is -0.288. The van der Waals surface area contributed by atoms with Gasteiger partial charge in [0, 0.05) is 5.56 Å². The Hall–Kier alpha value is -1.03. The summed E-state index contributed by atoms with van der Waals surface area (Å²) in [5.41, 5.74) is 0.505. The Morgan fingerprint density at radius 1 is 1.33 bits per heavy atom. The number of carbonyl (C=O) groups excluding carboxylic acids is 1. The lowest BCUT2D eigenvalue weighted by molar-refractivity contribution is 0.109. The first-order valence-corrected chi connectivity index (χ1v) is 6.68. The van der Waals surface area contributed by atoms with Crippen molar-refractivity contribution in [3.8, 4) is 5.75 Å². The molecule has 0 spiro atoms. The van der Waals surface area contributed by atoms with Gasteiger partial charge >= 0.3 is 0 Å². The number of halogens is 1. The standard InChI is InChI=1S/C14H19FO2S/c1-2-3-4-5-12(15)10-17-13-8-6-11(7-9-13)14(16)18/h6-9,12H,2-5,10H2,1H3,(H,16,18). The summed E-state index contributed by atoms with van der Waals surface area (Å²) in [4.78, 5) is 10.9. The highest BCUT2D eigenvalue weighted by molar-refractivity contribution is 7.97. The van der Waals surface area contributed by atoms with Gasteiger partial charge in [-0.1, -0.05) is 26.2 Å². The van der Waals surface area contributed by atoms with Crippen molar-refractivity contribution in [1.29, 1.82) is 0 Å². The molecule has 1 aromatic rings. The molecule has 1 atom stereocenters. The third-order valence-corrected chi connectivity index (χ3v) is 2.91. The number of benzene rings is 1. The molecule has 0 aliphatic carbocycles. The van der Waals surface area contributed by atoms with Gasteiger partial charge in [0.1, 0.15) is 18.5 Å². The number of hydrogen-bond donors (Lipinski definition) is 1. The van der Waals surface area contributed by atoms with Crippen LogP contribution in [-0.2, 0) is 0 Å². The molecule has 0 aliphatic rings. The highest BCUT2D eigenvalue weighted by Crippen LogP contribution is 2.15. The van der Waals surface area contributed by atoms with Gasteiger partial charge in [-0.15, -0.1) is 12.6 Å². The fourth-order valence-electron chi connectivity index (χ4n) is 1.58. The lowest BCUT2D eigenvalue weighted by atomic mass is 10.1. The number of carbonyl (C=O) groups is 1. The molecule has 0 radical (unpaired) electrons. The molecule has 0 bridgehead atoms. The molecule has 0 fully saturated rings. The quantitative estimate of drug-likeness (QED) is 0.569. The van der Waals surface area contributed by atoms with E-state index in [0.29, 0.717) is 17.7 Å². The van der Waals surface area contributed by atoms with Crippen LogP contribution in [0.15, 0.2) is 24.3 Å². The maximum Gasteiger partial charge on any atom is 0.216 e. The molecule has 0 amide bonds. The molecule has 0 saturated heterocycles. The molecule has 1 rings (SSSR count). The van der Waals surface area contributed by atoms with Gasteiger partial charge < -0.3 is 4.74 Å². The van der Waals surface area contributed by atoms with Crippen LogP contribution in [0.3, 0.4) is 0 Å². The van der Waals surface area contributed by atoms with Crippen LogP contribution in [0.1, 0.15) is 43.0 Å². The summed E-state index contributed by atoms with van der Waals surface area (Å²) in [7, 11) is 0. The topological polar surface area (TPSA) is 26.3 Å². The second-order valence-corrected chi connectivity index (χ2v) is 4.64. The monoisotopic (exact) mass is 270 g/mol. The van der Waals surface area contributed by atoms with Crippen LogP contribution in [0.25, 0.3) is 0 Å². The van der Waals surface area contributed by atoms with Crippen molar-refractivity contribution in [2.75, 3.05) is 6.61 Å². The number of alkyl halides is 1. The average molecular weight is 270 g/mol.